The molecule has 0 radical (unpaired) electrons. The van der Waals surface area contributed by atoms with E-state index in [1.807, 2.05) is 30.3 Å². The van der Waals surface area contributed by atoms with E-state index in [-0.39, 0.29) is 11.6 Å². The number of nitrogens with one attached hydrogen (secondary N) is 1. The van der Waals surface area contributed by atoms with Crippen molar-refractivity contribution < 1.29 is 9.18 Å². The van der Waals surface area contributed by atoms with Crippen molar-refractivity contribution >= 4 is 34.7 Å². The van der Waals surface area contributed by atoms with Crippen molar-refractivity contribution in [1.82, 2.24) is 4.98 Å². The Morgan fingerprint density at radius 3 is 2.68 bits per heavy atom. The molecule has 0 aliphatic carbocycles. The summed E-state index contributed by atoms with van der Waals surface area (Å²) < 4.78 is 13.5. The highest BCUT2D eigenvalue weighted by molar-refractivity contribution is 7.98. The normalized spacial score (nSPS) is 10.6. The molecule has 3 rings (SSSR count). The Bertz CT molecular complexity index is 836. The first-order valence-corrected chi connectivity index (χ1v) is 9.88. The van der Waals surface area contributed by atoms with Gasteiger partial charge in [-0.1, -0.05) is 42.5 Å². The van der Waals surface area contributed by atoms with Gasteiger partial charge < -0.3 is 5.32 Å². The van der Waals surface area contributed by atoms with Gasteiger partial charge in [0.05, 0.1) is 11.4 Å². The molecule has 0 atom stereocenters. The fraction of sp³-hybridized carbons (Fsp3) is 0.158. The van der Waals surface area contributed by atoms with Crippen LogP contribution in [0.2, 0.25) is 0 Å². The van der Waals surface area contributed by atoms with Crippen molar-refractivity contribution in [2.75, 3.05) is 11.1 Å². The van der Waals surface area contributed by atoms with Crippen LogP contribution in [-0.4, -0.2) is 16.6 Å². The molecule has 0 bridgehead atoms. The molecule has 0 spiro atoms. The van der Waals surface area contributed by atoms with E-state index in [4.69, 9.17) is 0 Å². The predicted molar refractivity (Wildman–Crippen MR) is 103 cm³/mol. The second-order valence-corrected chi connectivity index (χ2v) is 7.30. The van der Waals surface area contributed by atoms with Crippen LogP contribution in [0.4, 0.5) is 10.1 Å². The molecule has 0 aliphatic heterocycles. The molecular weight excluding hydrogens is 355 g/mol. The summed E-state index contributed by atoms with van der Waals surface area (Å²) in [5.74, 6) is 0.828. The van der Waals surface area contributed by atoms with E-state index in [2.05, 4.69) is 15.7 Å². The average Bonchev–Trinajstić information content (AvgIpc) is 3.10. The summed E-state index contributed by atoms with van der Waals surface area (Å²) in [7, 11) is 0. The van der Waals surface area contributed by atoms with Crippen LogP contribution in [0, 0.1) is 5.82 Å². The minimum absolute atomic E-state index is 0.180. The average molecular weight is 372 g/mol. The number of hydrogen-bond acceptors (Lipinski definition) is 4. The Hall–Kier alpha value is -2.18. The van der Waals surface area contributed by atoms with E-state index < -0.39 is 5.82 Å². The number of amides is 1. The zero-order chi connectivity index (χ0) is 17.5. The van der Waals surface area contributed by atoms with E-state index in [9.17, 15) is 9.18 Å². The minimum atomic E-state index is -0.417. The summed E-state index contributed by atoms with van der Waals surface area (Å²) in [5, 5.41) is 5.65. The predicted octanol–water partition coefficient (Wildman–Crippen LogP) is 5.21. The van der Waals surface area contributed by atoms with Crippen molar-refractivity contribution in [2.24, 2.45) is 0 Å². The number of carbonyl (C=O) groups excluding carboxylic acids is 1. The van der Waals surface area contributed by atoms with Gasteiger partial charge in [-0.15, -0.1) is 11.3 Å². The standard InChI is InChI=1S/C19H17FN2OS2/c20-16-8-4-5-9-17(16)22-18(23)10-11-24-12-15-13-25-19(21-15)14-6-2-1-3-7-14/h1-9,13H,10-12H2,(H,22,23). The summed E-state index contributed by atoms with van der Waals surface area (Å²) >= 11 is 3.27. The topological polar surface area (TPSA) is 42.0 Å². The number of thiazole rings is 1. The number of halogens is 1. The number of aromatic nitrogens is 1. The van der Waals surface area contributed by atoms with Crippen LogP contribution in [0.3, 0.4) is 0 Å². The highest BCUT2D eigenvalue weighted by Crippen LogP contribution is 2.25. The van der Waals surface area contributed by atoms with Crippen LogP contribution in [0.1, 0.15) is 12.1 Å². The molecule has 1 heterocycles. The van der Waals surface area contributed by atoms with Crippen LogP contribution in [0.25, 0.3) is 10.6 Å². The largest absolute Gasteiger partial charge is 0.324 e. The minimum Gasteiger partial charge on any atom is -0.324 e. The Morgan fingerprint density at radius 2 is 1.88 bits per heavy atom. The first-order chi connectivity index (χ1) is 12.2. The first kappa shape index (κ1) is 17.6. The highest BCUT2D eigenvalue weighted by Gasteiger charge is 2.07. The molecule has 0 fully saturated rings. The summed E-state index contributed by atoms with van der Waals surface area (Å²) in [4.78, 5) is 16.5. The number of nitrogens with zero attached hydrogens (tertiary/aromatic N) is 1. The third-order valence-electron chi connectivity index (χ3n) is 3.44. The van der Waals surface area contributed by atoms with Crippen LogP contribution in [0.15, 0.2) is 60.0 Å². The second kappa shape index (κ2) is 8.78. The van der Waals surface area contributed by atoms with Crippen molar-refractivity contribution in [1.29, 1.82) is 0 Å². The lowest BCUT2D eigenvalue weighted by atomic mass is 10.2. The molecule has 0 unspecified atom stereocenters. The molecule has 0 saturated heterocycles. The Morgan fingerprint density at radius 1 is 1.12 bits per heavy atom. The molecule has 3 aromatic rings. The molecule has 3 nitrogen and oxygen atoms in total. The quantitative estimate of drug-likeness (QED) is 0.579. The molecule has 25 heavy (non-hydrogen) atoms. The summed E-state index contributed by atoms with van der Waals surface area (Å²) in [6.07, 6.45) is 0.342. The zero-order valence-electron chi connectivity index (χ0n) is 13.4. The van der Waals surface area contributed by atoms with Crippen molar-refractivity contribution in [3.8, 4) is 10.6 Å². The summed E-state index contributed by atoms with van der Waals surface area (Å²) in [5.41, 5.74) is 2.36. The number of thioether (sulfide) groups is 1. The molecule has 128 valence electrons. The van der Waals surface area contributed by atoms with Gasteiger partial charge in [0.25, 0.3) is 0 Å². The zero-order valence-corrected chi connectivity index (χ0v) is 15.1. The fourth-order valence-electron chi connectivity index (χ4n) is 2.20. The van der Waals surface area contributed by atoms with Crippen LogP contribution in [0.5, 0.6) is 0 Å². The lowest BCUT2D eigenvalue weighted by Crippen LogP contribution is -2.13. The Balaban J connectivity index is 1.42. The number of anilines is 1. The summed E-state index contributed by atoms with van der Waals surface area (Å²) in [6.45, 7) is 0. The smallest absolute Gasteiger partial charge is 0.225 e. The Labute approximate surface area is 154 Å². The SMILES string of the molecule is O=C(CCSCc1csc(-c2ccccc2)n1)Nc1ccccc1F. The molecule has 6 heteroatoms. The molecule has 0 saturated carbocycles. The number of benzene rings is 2. The van der Waals surface area contributed by atoms with Gasteiger partial charge in [0.2, 0.25) is 5.91 Å². The van der Waals surface area contributed by atoms with Gasteiger partial charge in [-0.3, -0.25) is 4.79 Å². The van der Waals surface area contributed by atoms with E-state index in [0.717, 1.165) is 22.0 Å². The molecule has 1 N–H and O–H groups in total. The maximum absolute atomic E-state index is 13.5. The molecule has 1 aromatic heterocycles. The number of rotatable bonds is 7. The second-order valence-electron chi connectivity index (χ2n) is 5.34. The van der Waals surface area contributed by atoms with Crippen LogP contribution >= 0.6 is 23.1 Å². The lowest BCUT2D eigenvalue weighted by Gasteiger charge is -2.05. The van der Waals surface area contributed by atoms with Gasteiger partial charge in [-0.2, -0.15) is 11.8 Å². The number of para-hydroxylation sites is 1. The Kier molecular flexibility index (Phi) is 6.19. The van der Waals surface area contributed by atoms with Gasteiger partial charge in [-0.25, -0.2) is 9.37 Å². The maximum atomic E-state index is 13.5. The lowest BCUT2D eigenvalue weighted by molar-refractivity contribution is -0.115. The molecule has 1 amide bonds. The third kappa shape index (κ3) is 5.14. The van der Waals surface area contributed by atoms with Gasteiger partial charge in [0, 0.05) is 28.9 Å². The van der Waals surface area contributed by atoms with Crippen LogP contribution in [-0.2, 0) is 10.5 Å². The van der Waals surface area contributed by atoms with Gasteiger partial charge in [-0.05, 0) is 12.1 Å². The van der Waals surface area contributed by atoms with E-state index in [0.29, 0.717) is 12.2 Å². The fourth-order valence-corrected chi connectivity index (χ4v) is 3.97. The van der Waals surface area contributed by atoms with Crippen molar-refractivity contribution in [3.63, 3.8) is 0 Å². The van der Waals surface area contributed by atoms with E-state index in [1.165, 1.54) is 6.07 Å². The van der Waals surface area contributed by atoms with E-state index >= 15 is 0 Å². The van der Waals surface area contributed by atoms with Crippen molar-refractivity contribution in [3.05, 3.63) is 71.5 Å². The molecule has 2 aromatic carbocycles. The first-order valence-electron chi connectivity index (χ1n) is 7.84. The van der Waals surface area contributed by atoms with Gasteiger partial charge in [0.1, 0.15) is 10.8 Å². The van der Waals surface area contributed by atoms with Gasteiger partial charge >= 0.3 is 0 Å². The monoisotopic (exact) mass is 372 g/mol. The number of carbonyl (C=O) groups is 1. The van der Waals surface area contributed by atoms with Crippen LogP contribution < -0.4 is 5.32 Å². The molecule has 0 aliphatic rings. The summed E-state index contributed by atoms with van der Waals surface area (Å²) in [6, 6.07) is 16.3. The van der Waals surface area contributed by atoms with Crippen molar-refractivity contribution in [2.45, 2.75) is 12.2 Å². The maximum Gasteiger partial charge on any atom is 0.225 e. The molecular formula is C19H17FN2OS2. The highest BCUT2D eigenvalue weighted by atomic mass is 32.2. The third-order valence-corrected chi connectivity index (χ3v) is 5.38. The van der Waals surface area contributed by atoms with Gasteiger partial charge in [0.15, 0.2) is 0 Å². The number of hydrogen-bond donors (Lipinski definition) is 1. The van der Waals surface area contributed by atoms with E-state index in [1.54, 1.807) is 41.3 Å².